The number of para-hydroxylation sites is 1. The smallest absolute Gasteiger partial charge is 0.262 e. The highest BCUT2D eigenvalue weighted by atomic mass is 32.2. The lowest BCUT2D eigenvalue weighted by Crippen LogP contribution is -2.24. The minimum atomic E-state index is -0.341. The maximum Gasteiger partial charge on any atom is 0.262 e. The number of nitrogens with zero attached hydrogens (tertiary/aromatic N) is 3. The molecule has 0 saturated heterocycles. The van der Waals surface area contributed by atoms with E-state index in [0.29, 0.717) is 40.3 Å². The maximum absolute atomic E-state index is 13.7. The summed E-state index contributed by atoms with van der Waals surface area (Å²) in [7, 11) is 0. The van der Waals surface area contributed by atoms with Gasteiger partial charge in [0.1, 0.15) is 5.82 Å². The van der Waals surface area contributed by atoms with Crippen molar-refractivity contribution in [2.45, 2.75) is 32.0 Å². The number of thioether (sulfide) groups is 1. The number of aliphatic hydroxyl groups excluding tert-OH is 1. The molecule has 33 heavy (non-hydrogen) atoms. The van der Waals surface area contributed by atoms with Crippen molar-refractivity contribution in [2.75, 3.05) is 12.4 Å². The Balaban J connectivity index is 1.63. The number of carbonyl (C=O) groups is 1. The number of aliphatic hydroxyl groups is 1. The second-order valence-electron chi connectivity index (χ2n) is 7.76. The van der Waals surface area contributed by atoms with E-state index in [-0.39, 0.29) is 29.5 Å². The van der Waals surface area contributed by atoms with Crippen molar-refractivity contribution in [1.29, 1.82) is 0 Å². The number of aromatic nitrogens is 3. The Bertz CT molecular complexity index is 1390. The van der Waals surface area contributed by atoms with Gasteiger partial charge in [0.2, 0.25) is 0 Å². The normalized spacial score (nSPS) is 11.3. The Kier molecular flexibility index (Phi) is 6.76. The summed E-state index contributed by atoms with van der Waals surface area (Å²) in [4.78, 5) is 30.7. The molecular formula is C25H24FN3O3S. The van der Waals surface area contributed by atoms with E-state index in [4.69, 9.17) is 0 Å². The Morgan fingerprint density at radius 1 is 1.12 bits per heavy atom. The molecule has 4 aromatic rings. The third kappa shape index (κ3) is 4.62. The van der Waals surface area contributed by atoms with Crippen LogP contribution in [0.3, 0.4) is 0 Å². The van der Waals surface area contributed by atoms with E-state index in [1.54, 1.807) is 36.4 Å². The molecule has 8 heteroatoms. The lowest BCUT2D eigenvalue weighted by molar-refractivity contribution is 0.102. The third-order valence-corrected chi connectivity index (χ3v) is 6.47. The fourth-order valence-corrected chi connectivity index (χ4v) is 4.86. The zero-order valence-electron chi connectivity index (χ0n) is 18.4. The largest absolute Gasteiger partial charge is 0.396 e. The molecule has 0 saturated carbocycles. The SMILES string of the molecule is Cc1cc(C(=O)CSc2nc3ccccc3c(=O)n2CCCO)c(C)n1-c1cccc(F)c1. The Morgan fingerprint density at radius 3 is 2.67 bits per heavy atom. The number of hydrogen-bond acceptors (Lipinski definition) is 5. The fourth-order valence-electron chi connectivity index (χ4n) is 3.95. The number of halogens is 1. The van der Waals surface area contributed by atoms with E-state index in [1.165, 1.54) is 28.5 Å². The molecule has 6 nitrogen and oxygen atoms in total. The van der Waals surface area contributed by atoms with Crippen LogP contribution in [0.1, 0.15) is 28.2 Å². The van der Waals surface area contributed by atoms with Crippen molar-refractivity contribution >= 4 is 28.4 Å². The van der Waals surface area contributed by atoms with Crippen molar-refractivity contribution in [3.63, 3.8) is 0 Å². The van der Waals surface area contributed by atoms with Gasteiger partial charge in [0, 0.05) is 35.8 Å². The van der Waals surface area contributed by atoms with E-state index in [2.05, 4.69) is 4.98 Å². The van der Waals surface area contributed by atoms with Crippen molar-refractivity contribution < 1.29 is 14.3 Å². The van der Waals surface area contributed by atoms with Crippen molar-refractivity contribution in [3.05, 3.63) is 87.7 Å². The zero-order chi connectivity index (χ0) is 23.5. The van der Waals surface area contributed by atoms with E-state index in [1.807, 2.05) is 24.5 Å². The standard InChI is InChI=1S/C25H24FN3O3S/c1-16-13-21(17(2)29(16)19-8-5-7-18(26)14-19)23(31)15-33-25-27-22-10-4-3-9-20(22)24(32)28(25)11-6-12-30/h3-5,7-10,13-14,30H,6,11-12,15H2,1-2H3. The first-order valence-corrected chi connectivity index (χ1v) is 11.6. The van der Waals surface area contributed by atoms with Gasteiger partial charge in [0.15, 0.2) is 10.9 Å². The van der Waals surface area contributed by atoms with E-state index in [9.17, 15) is 19.1 Å². The Morgan fingerprint density at radius 2 is 1.91 bits per heavy atom. The third-order valence-electron chi connectivity index (χ3n) is 5.50. The van der Waals surface area contributed by atoms with Crippen LogP contribution in [0.5, 0.6) is 0 Å². The average molecular weight is 466 g/mol. The Hall–Kier alpha value is -3.23. The van der Waals surface area contributed by atoms with Gasteiger partial charge in [-0.1, -0.05) is 30.0 Å². The molecule has 0 aliphatic heterocycles. The minimum absolute atomic E-state index is 0.0473. The summed E-state index contributed by atoms with van der Waals surface area (Å²) in [5.74, 6) is -0.351. The van der Waals surface area contributed by atoms with Crippen molar-refractivity contribution in [3.8, 4) is 5.69 Å². The lowest BCUT2D eigenvalue weighted by atomic mass is 10.2. The van der Waals surface area contributed by atoms with Gasteiger partial charge in [-0.3, -0.25) is 14.2 Å². The van der Waals surface area contributed by atoms with Crippen LogP contribution in [0, 0.1) is 19.7 Å². The molecule has 0 aliphatic rings. The predicted molar refractivity (Wildman–Crippen MR) is 128 cm³/mol. The molecule has 2 aromatic carbocycles. The fraction of sp³-hybridized carbons (Fsp3) is 0.240. The zero-order valence-corrected chi connectivity index (χ0v) is 19.2. The quantitative estimate of drug-likeness (QED) is 0.239. The summed E-state index contributed by atoms with van der Waals surface area (Å²) >= 11 is 1.20. The monoisotopic (exact) mass is 465 g/mol. The second-order valence-corrected chi connectivity index (χ2v) is 8.70. The van der Waals surface area contributed by atoms with Gasteiger partial charge in [0.25, 0.3) is 5.56 Å². The summed E-state index contributed by atoms with van der Waals surface area (Å²) in [5.41, 5.74) is 3.15. The number of hydrogen-bond donors (Lipinski definition) is 1. The highest BCUT2D eigenvalue weighted by Gasteiger charge is 2.19. The van der Waals surface area contributed by atoms with Crippen LogP contribution in [0.15, 0.2) is 64.5 Å². The first kappa shape index (κ1) is 22.9. The molecule has 0 fully saturated rings. The predicted octanol–water partition coefficient (Wildman–Crippen LogP) is 4.30. The molecule has 2 heterocycles. The molecule has 1 N–H and O–H groups in total. The summed E-state index contributed by atoms with van der Waals surface area (Å²) in [6.07, 6.45) is 0.413. The Labute approximate surface area is 194 Å². The molecule has 0 bridgehead atoms. The van der Waals surface area contributed by atoms with Gasteiger partial charge in [-0.25, -0.2) is 9.37 Å². The summed E-state index contributed by atoms with van der Waals surface area (Å²) in [5, 5.41) is 10.2. The van der Waals surface area contributed by atoms with Gasteiger partial charge >= 0.3 is 0 Å². The van der Waals surface area contributed by atoms with Crippen LogP contribution >= 0.6 is 11.8 Å². The average Bonchev–Trinajstić information content (AvgIpc) is 3.11. The van der Waals surface area contributed by atoms with Gasteiger partial charge in [-0.15, -0.1) is 0 Å². The van der Waals surface area contributed by atoms with E-state index >= 15 is 0 Å². The topological polar surface area (TPSA) is 77.1 Å². The number of carbonyl (C=O) groups excluding carboxylic acids is 1. The van der Waals surface area contributed by atoms with Crippen LogP contribution in [-0.4, -0.2) is 37.4 Å². The molecule has 0 aliphatic carbocycles. The summed E-state index contributed by atoms with van der Waals surface area (Å²) < 4.78 is 17.1. The summed E-state index contributed by atoms with van der Waals surface area (Å²) in [6.45, 7) is 3.98. The molecule has 0 spiro atoms. The lowest BCUT2D eigenvalue weighted by Gasteiger charge is -2.12. The molecule has 2 aromatic heterocycles. The number of benzene rings is 2. The molecule has 4 rings (SSSR count). The van der Waals surface area contributed by atoms with Gasteiger partial charge < -0.3 is 9.67 Å². The molecular weight excluding hydrogens is 441 g/mol. The molecule has 170 valence electrons. The number of rotatable bonds is 8. The van der Waals surface area contributed by atoms with Crippen molar-refractivity contribution in [2.24, 2.45) is 0 Å². The van der Waals surface area contributed by atoms with Crippen LogP contribution in [-0.2, 0) is 6.54 Å². The maximum atomic E-state index is 13.7. The van der Waals surface area contributed by atoms with Crippen LogP contribution in [0.4, 0.5) is 4.39 Å². The van der Waals surface area contributed by atoms with E-state index in [0.717, 1.165) is 11.4 Å². The van der Waals surface area contributed by atoms with Gasteiger partial charge in [-0.05, 0) is 56.7 Å². The van der Waals surface area contributed by atoms with Crippen LogP contribution in [0.25, 0.3) is 16.6 Å². The van der Waals surface area contributed by atoms with Crippen molar-refractivity contribution in [1.82, 2.24) is 14.1 Å². The number of ketones is 1. The minimum Gasteiger partial charge on any atom is -0.396 e. The highest BCUT2D eigenvalue weighted by molar-refractivity contribution is 7.99. The van der Waals surface area contributed by atoms with E-state index < -0.39 is 0 Å². The van der Waals surface area contributed by atoms with Gasteiger partial charge in [-0.2, -0.15) is 0 Å². The van der Waals surface area contributed by atoms with Crippen LogP contribution in [0.2, 0.25) is 0 Å². The first-order chi connectivity index (χ1) is 15.9. The highest BCUT2D eigenvalue weighted by Crippen LogP contribution is 2.25. The molecule has 0 amide bonds. The first-order valence-electron chi connectivity index (χ1n) is 10.6. The molecule has 0 radical (unpaired) electrons. The van der Waals surface area contributed by atoms with Crippen LogP contribution < -0.4 is 5.56 Å². The molecule has 0 unspecified atom stereocenters. The second kappa shape index (κ2) is 9.72. The number of Topliss-reactive ketones (excluding diaryl/α,β-unsaturated/α-hetero) is 1. The summed E-state index contributed by atoms with van der Waals surface area (Å²) in [6, 6.07) is 15.1. The number of aryl methyl sites for hydroxylation is 1. The van der Waals surface area contributed by atoms with Gasteiger partial charge in [0.05, 0.1) is 16.7 Å². The number of fused-ring (bicyclic) bond motifs is 1. The molecule has 0 atom stereocenters.